The Bertz CT molecular complexity index is 1600. The molecule has 3 atom stereocenters. The fraction of sp³-hybridized carbons (Fsp3) is 0.395. The van der Waals surface area contributed by atoms with Crippen molar-refractivity contribution in [2.45, 2.75) is 56.8 Å². The fourth-order valence-electron chi connectivity index (χ4n) is 7.39. The van der Waals surface area contributed by atoms with Crippen LogP contribution >= 0.6 is 0 Å². The lowest BCUT2D eigenvalue weighted by Crippen LogP contribution is -2.55. The third-order valence-electron chi connectivity index (χ3n) is 9.67. The molecule has 0 spiro atoms. The molecule has 246 valence electrons. The molecule has 2 aliphatic rings. The lowest BCUT2D eigenvalue weighted by atomic mass is 9.88. The number of hydrogen-bond donors (Lipinski definition) is 1. The SMILES string of the molecule is COCCN(C(=O)O)[C@H]1CCCC[C@@H]1n1cnc(C(=O)N2CCN(Cc3ccccc3)C[C@H]2Cc2ccccc2)c1-c1ccccc1. The highest BCUT2D eigenvalue weighted by Crippen LogP contribution is 2.37. The predicted octanol–water partition coefficient (Wildman–Crippen LogP) is 6.23. The first kappa shape index (κ1) is 32.5. The summed E-state index contributed by atoms with van der Waals surface area (Å²) in [5.41, 5.74) is 4.54. The topological polar surface area (TPSA) is 91.1 Å². The first-order valence-corrected chi connectivity index (χ1v) is 16.8. The molecule has 9 heteroatoms. The number of amides is 2. The Labute approximate surface area is 277 Å². The number of benzene rings is 3. The van der Waals surface area contributed by atoms with E-state index in [1.807, 2.05) is 47.4 Å². The minimum atomic E-state index is -0.950. The van der Waals surface area contributed by atoms with E-state index < -0.39 is 6.09 Å². The Hall–Kier alpha value is -4.47. The lowest BCUT2D eigenvalue weighted by molar-refractivity contribution is 0.0434. The first-order chi connectivity index (χ1) is 23.0. The normalized spacial score (nSPS) is 20.2. The summed E-state index contributed by atoms with van der Waals surface area (Å²) in [6.45, 7) is 3.58. The summed E-state index contributed by atoms with van der Waals surface area (Å²) >= 11 is 0. The molecule has 1 saturated carbocycles. The van der Waals surface area contributed by atoms with Gasteiger partial charge in [0.05, 0.1) is 30.7 Å². The molecule has 0 radical (unpaired) electrons. The van der Waals surface area contributed by atoms with Crippen LogP contribution in [0, 0.1) is 0 Å². The first-order valence-electron chi connectivity index (χ1n) is 16.8. The maximum Gasteiger partial charge on any atom is 0.407 e. The van der Waals surface area contributed by atoms with E-state index >= 15 is 0 Å². The van der Waals surface area contributed by atoms with E-state index in [2.05, 4.69) is 58.0 Å². The van der Waals surface area contributed by atoms with Gasteiger partial charge in [0, 0.05) is 51.4 Å². The summed E-state index contributed by atoms with van der Waals surface area (Å²) < 4.78 is 7.36. The number of methoxy groups -OCH3 is 1. The number of nitrogens with zero attached hydrogens (tertiary/aromatic N) is 5. The Morgan fingerprint density at radius 2 is 1.55 bits per heavy atom. The van der Waals surface area contributed by atoms with Gasteiger partial charge in [-0.25, -0.2) is 9.78 Å². The van der Waals surface area contributed by atoms with Crippen molar-refractivity contribution in [1.82, 2.24) is 24.3 Å². The third-order valence-corrected chi connectivity index (χ3v) is 9.67. The number of rotatable bonds is 11. The van der Waals surface area contributed by atoms with Crippen molar-refractivity contribution >= 4 is 12.0 Å². The quantitative estimate of drug-likeness (QED) is 0.210. The van der Waals surface area contributed by atoms with Crippen molar-refractivity contribution in [3.05, 3.63) is 114 Å². The molecule has 1 aliphatic carbocycles. The van der Waals surface area contributed by atoms with Crippen LogP contribution in [0.3, 0.4) is 0 Å². The number of piperazine rings is 1. The standard InChI is InChI=1S/C38H45N5O4/c1-47-24-23-42(38(45)46)33-19-11-12-20-34(33)43-28-39-35(36(43)31-17-9-4-10-18-31)37(44)41-22-21-40(26-30-15-7-3-8-16-30)27-32(41)25-29-13-5-2-6-14-29/h2-10,13-18,28,32-34H,11-12,19-27H2,1H3,(H,45,46)/t32-,33+,34+/m1/s1. The molecule has 1 aliphatic heterocycles. The van der Waals surface area contributed by atoms with Crippen LogP contribution in [0.4, 0.5) is 4.79 Å². The van der Waals surface area contributed by atoms with Gasteiger partial charge in [0.25, 0.3) is 5.91 Å². The van der Waals surface area contributed by atoms with Crippen molar-refractivity contribution in [3.8, 4) is 11.3 Å². The van der Waals surface area contributed by atoms with Gasteiger partial charge in [0.2, 0.25) is 0 Å². The second-order valence-electron chi connectivity index (χ2n) is 12.7. The highest BCUT2D eigenvalue weighted by molar-refractivity contribution is 5.98. The van der Waals surface area contributed by atoms with Gasteiger partial charge in [0.1, 0.15) is 0 Å². The maximum atomic E-state index is 14.7. The molecule has 1 N–H and O–H groups in total. The smallest absolute Gasteiger partial charge is 0.407 e. The van der Waals surface area contributed by atoms with Crippen LogP contribution in [0.15, 0.2) is 97.3 Å². The summed E-state index contributed by atoms with van der Waals surface area (Å²) in [6.07, 6.45) is 5.06. The molecule has 2 fully saturated rings. The van der Waals surface area contributed by atoms with E-state index in [0.29, 0.717) is 25.4 Å². The second-order valence-corrected chi connectivity index (χ2v) is 12.7. The molecule has 0 bridgehead atoms. The average molecular weight is 636 g/mol. The molecule has 6 rings (SSSR count). The van der Waals surface area contributed by atoms with E-state index in [1.54, 1.807) is 13.4 Å². The zero-order chi connectivity index (χ0) is 32.6. The van der Waals surface area contributed by atoms with Gasteiger partial charge in [-0.2, -0.15) is 0 Å². The zero-order valence-electron chi connectivity index (χ0n) is 27.2. The molecule has 47 heavy (non-hydrogen) atoms. The minimum absolute atomic E-state index is 0.0323. The van der Waals surface area contributed by atoms with Gasteiger partial charge in [-0.05, 0) is 30.4 Å². The van der Waals surface area contributed by atoms with Crippen LogP contribution in [-0.2, 0) is 17.7 Å². The Balaban J connectivity index is 1.34. The molecular formula is C38H45N5O4. The number of carbonyl (C=O) groups excluding carboxylic acids is 1. The highest BCUT2D eigenvalue weighted by atomic mass is 16.5. The molecule has 1 aromatic heterocycles. The number of aromatic nitrogens is 2. The van der Waals surface area contributed by atoms with E-state index in [4.69, 9.17) is 9.72 Å². The summed E-state index contributed by atoms with van der Waals surface area (Å²) in [7, 11) is 1.59. The Morgan fingerprint density at radius 3 is 2.23 bits per heavy atom. The Morgan fingerprint density at radius 1 is 0.894 bits per heavy atom. The van der Waals surface area contributed by atoms with Crippen LogP contribution in [0.1, 0.15) is 53.3 Å². The van der Waals surface area contributed by atoms with Crippen LogP contribution in [0.2, 0.25) is 0 Å². The van der Waals surface area contributed by atoms with Crippen molar-refractivity contribution in [3.63, 3.8) is 0 Å². The van der Waals surface area contributed by atoms with Crippen molar-refractivity contribution in [2.24, 2.45) is 0 Å². The predicted molar refractivity (Wildman–Crippen MR) is 182 cm³/mol. The zero-order valence-corrected chi connectivity index (χ0v) is 27.2. The summed E-state index contributed by atoms with van der Waals surface area (Å²) in [6, 6.07) is 30.4. The monoisotopic (exact) mass is 635 g/mol. The maximum absolute atomic E-state index is 14.7. The van der Waals surface area contributed by atoms with Crippen molar-refractivity contribution in [1.29, 1.82) is 0 Å². The van der Waals surface area contributed by atoms with Gasteiger partial charge in [-0.1, -0.05) is 104 Å². The van der Waals surface area contributed by atoms with Gasteiger partial charge in [-0.3, -0.25) is 9.69 Å². The highest BCUT2D eigenvalue weighted by Gasteiger charge is 2.38. The van der Waals surface area contributed by atoms with E-state index in [9.17, 15) is 14.7 Å². The molecule has 0 unspecified atom stereocenters. The van der Waals surface area contributed by atoms with Crippen LogP contribution in [0.5, 0.6) is 0 Å². The average Bonchev–Trinajstić information content (AvgIpc) is 3.55. The number of carbonyl (C=O) groups is 2. The van der Waals surface area contributed by atoms with Crippen molar-refractivity contribution < 1.29 is 19.4 Å². The molecule has 1 saturated heterocycles. The molecular weight excluding hydrogens is 590 g/mol. The van der Waals surface area contributed by atoms with Crippen molar-refractivity contribution in [2.75, 3.05) is 39.9 Å². The fourth-order valence-corrected chi connectivity index (χ4v) is 7.39. The van der Waals surface area contributed by atoms with E-state index in [1.165, 1.54) is 16.0 Å². The number of hydrogen-bond acceptors (Lipinski definition) is 5. The molecule has 4 aromatic rings. The summed E-state index contributed by atoms with van der Waals surface area (Å²) in [4.78, 5) is 38.0. The van der Waals surface area contributed by atoms with Gasteiger partial charge >= 0.3 is 6.09 Å². The third kappa shape index (κ3) is 7.58. The summed E-state index contributed by atoms with van der Waals surface area (Å²) in [5, 5.41) is 10.2. The molecule has 9 nitrogen and oxygen atoms in total. The second kappa shape index (κ2) is 15.4. The van der Waals surface area contributed by atoms with Gasteiger partial charge in [-0.15, -0.1) is 0 Å². The van der Waals surface area contributed by atoms with Crippen LogP contribution in [0.25, 0.3) is 11.3 Å². The largest absolute Gasteiger partial charge is 0.465 e. The Kier molecular flexibility index (Phi) is 10.6. The molecule has 2 amide bonds. The lowest BCUT2D eigenvalue weighted by Gasteiger charge is -2.42. The summed E-state index contributed by atoms with van der Waals surface area (Å²) in [5.74, 6) is -0.0790. The number of carboxylic acid groups (broad SMARTS) is 1. The van der Waals surface area contributed by atoms with Crippen LogP contribution in [-0.4, -0.2) is 93.3 Å². The number of ether oxygens (including phenoxy) is 1. The minimum Gasteiger partial charge on any atom is -0.465 e. The van der Waals surface area contributed by atoms with E-state index in [0.717, 1.165) is 63.0 Å². The molecule has 3 aromatic carbocycles. The van der Waals surface area contributed by atoms with E-state index in [-0.39, 0.29) is 24.0 Å². The number of imidazole rings is 1. The van der Waals surface area contributed by atoms with Gasteiger partial charge in [0.15, 0.2) is 5.69 Å². The van der Waals surface area contributed by atoms with Crippen LogP contribution < -0.4 is 0 Å². The molecule has 2 heterocycles. The van der Waals surface area contributed by atoms with Gasteiger partial charge < -0.3 is 24.2 Å².